The number of rotatable bonds is 2. The lowest BCUT2D eigenvalue weighted by atomic mass is 10.0. The van der Waals surface area contributed by atoms with Gasteiger partial charge in [0.15, 0.2) is 6.10 Å². The number of hydrogen-bond acceptors (Lipinski definition) is 2. The van der Waals surface area contributed by atoms with Crippen LogP contribution in [-0.2, 0) is 11.2 Å². The van der Waals surface area contributed by atoms with Gasteiger partial charge >= 0.3 is 0 Å². The third kappa shape index (κ3) is 2.92. The molecule has 3 rings (SSSR count). The Morgan fingerprint density at radius 2 is 2.00 bits per heavy atom. The van der Waals surface area contributed by atoms with E-state index in [2.05, 4.69) is 17.4 Å². The molecule has 1 aliphatic heterocycles. The predicted molar refractivity (Wildman–Crippen MR) is 83.7 cm³/mol. The van der Waals surface area contributed by atoms with E-state index in [0.29, 0.717) is 6.42 Å². The third-order valence-electron chi connectivity index (χ3n) is 3.86. The van der Waals surface area contributed by atoms with Gasteiger partial charge in [-0.1, -0.05) is 30.3 Å². The Bertz CT molecular complexity index is 679. The van der Waals surface area contributed by atoms with Gasteiger partial charge in [0.05, 0.1) is 0 Å². The summed E-state index contributed by atoms with van der Waals surface area (Å²) in [5.74, 6) is 0.766. The standard InChI is InChI=1S/C18H19NO2/c1-12-7-8-14-9-10-16(21-17(14)11-12)18(20)19-15-6-4-3-5-13(15)2/h3-8,11,16H,9-10H2,1-2H3,(H,19,20). The maximum absolute atomic E-state index is 12.4. The molecule has 1 aliphatic rings. The number of amides is 1. The Morgan fingerprint density at radius 1 is 1.19 bits per heavy atom. The Balaban J connectivity index is 1.74. The molecular weight excluding hydrogens is 262 g/mol. The van der Waals surface area contributed by atoms with E-state index in [-0.39, 0.29) is 5.91 Å². The number of nitrogens with one attached hydrogen (secondary N) is 1. The van der Waals surface area contributed by atoms with Crippen LogP contribution in [0, 0.1) is 13.8 Å². The lowest BCUT2D eigenvalue weighted by molar-refractivity contribution is -0.123. The van der Waals surface area contributed by atoms with Crippen LogP contribution in [0.1, 0.15) is 23.1 Å². The van der Waals surface area contributed by atoms with Crippen molar-refractivity contribution in [3.05, 3.63) is 59.2 Å². The molecule has 0 saturated heterocycles. The summed E-state index contributed by atoms with van der Waals surface area (Å²) in [5.41, 5.74) is 4.23. The van der Waals surface area contributed by atoms with Crippen molar-refractivity contribution in [2.24, 2.45) is 0 Å². The van der Waals surface area contributed by atoms with Gasteiger partial charge in [0.25, 0.3) is 5.91 Å². The number of ether oxygens (including phenoxy) is 1. The summed E-state index contributed by atoms with van der Waals surface area (Å²) in [7, 11) is 0. The number of para-hydroxylation sites is 1. The smallest absolute Gasteiger partial charge is 0.265 e. The average molecular weight is 281 g/mol. The van der Waals surface area contributed by atoms with E-state index in [0.717, 1.165) is 29.0 Å². The summed E-state index contributed by atoms with van der Waals surface area (Å²) in [4.78, 5) is 12.4. The first-order valence-corrected chi connectivity index (χ1v) is 7.26. The van der Waals surface area contributed by atoms with Crippen LogP contribution in [0.5, 0.6) is 5.75 Å². The molecule has 0 bridgehead atoms. The fraction of sp³-hybridized carbons (Fsp3) is 0.278. The average Bonchev–Trinajstić information content (AvgIpc) is 2.48. The number of benzene rings is 2. The molecule has 1 N–H and O–H groups in total. The van der Waals surface area contributed by atoms with Gasteiger partial charge in [-0.05, 0) is 55.5 Å². The molecule has 3 heteroatoms. The van der Waals surface area contributed by atoms with Crippen LogP contribution in [0.2, 0.25) is 0 Å². The van der Waals surface area contributed by atoms with E-state index < -0.39 is 6.10 Å². The Hall–Kier alpha value is -2.29. The second kappa shape index (κ2) is 5.60. The van der Waals surface area contributed by atoms with Gasteiger partial charge in [-0.2, -0.15) is 0 Å². The van der Waals surface area contributed by atoms with E-state index in [9.17, 15) is 4.79 Å². The first-order chi connectivity index (χ1) is 10.1. The van der Waals surface area contributed by atoms with Gasteiger partial charge in [-0.3, -0.25) is 4.79 Å². The summed E-state index contributed by atoms with van der Waals surface area (Å²) in [6.07, 6.45) is 1.17. The predicted octanol–water partition coefficient (Wildman–Crippen LogP) is 3.64. The van der Waals surface area contributed by atoms with Gasteiger partial charge in [0.2, 0.25) is 0 Å². The molecule has 1 amide bonds. The quantitative estimate of drug-likeness (QED) is 0.912. The van der Waals surface area contributed by atoms with Gasteiger partial charge in [-0.15, -0.1) is 0 Å². The molecule has 21 heavy (non-hydrogen) atoms. The number of carbonyl (C=O) groups is 1. The number of anilines is 1. The van der Waals surface area contributed by atoms with Crippen molar-refractivity contribution in [1.82, 2.24) is 0 Å². The van der Waals surface area contributed by atoms with Gasteiger partial charge in [0.1, 0.15) is 5.75 Å². The number of hydrogen-bond donors (Lipinski definition) is 1. The Morgan fingerprint density at radius 3 is 2.81 bits per heavy atom. The van der Waals surface area contributed by atoms with E-state index >= 15 is 0 Å². The molecule has 0 saturated carbocycles. The van der Waals surface area contributed by atoms with E-state index in [1.54, 1.807) is 0 Å². The van der Waals surface area contributed by atoms with Crippen molar-refractivity contribution < 1.29 is 9.53 Å². The third-order valence-corrected chi connectivity index (χ3v) is 3.86. The molecule has 0 spiro atoms. The molecule has 1 atom stereocenters. The first-order valence-electron chi connectivity index (χ1n) is 7.26. The monoisotopic (exact) mass is 281 g/mol. The number of fused-ring (bicyclic) bond motifs is 1. The summed E-state index contributed by atoms with van der Waals surface area (Å²) < 4.78 is 5.87. The van der Waals surface area contributed by atoms with Gasteiger partial charge < -0.3 is 10.1 Å². The molecule has 2 aromatic carbocycles. The summed E-state index contributed by atoms with van der Waals surface area (Å²) in [6.45, 7) is 4.01. The molecule has 0 aromatic heterocycles. The summed E-state index contributed by atoms with van der Waals surface area (Å²) in [6, 6.07) is 13.9. The van der Waals surface area contributed by atoms with Crippen LogP contribution in [0.4, 0.5) is 5.69 Å². The van der Waals surface area contributed by atoms with Crippen molar-refractivity contribution >= 4 is 11.6 Å². The van der Waals surface area contributed by atoms with Gasteiger partial charge in [-0.25, -0.2) is 0 Å². The minimum Gasteiger partial charge on any atom is -0.480 e. The zero-order chi connectivity index (χ0) is 14.8. The van der Waals surface area contributed by atoms with Crippen molar-refractivity contribution in [3.63, 3.8) is 0 Å². The van der Waals surface area contributed by atoms with Crippen LogP contribution < -0.4 is 10.1 Å². The maximum atomic E-state index is 12.4. The second-order valence-corrected chi connectivity index (χ2v) is 5.56. The van der Waals surface area contributed by atoms with Crippen LogP contribution in [0.25, 0.3) is 0 Å². The molecule has 0 aliphatic carbocycles. The molecule has 108 valence electrons. The van der Waals surface area contributed by atoms with Crippen LogP contribution >= 0.6 is 0 Å². The zero-order valence-corrected chi connectivity index (χ0v) is 12.3. The lowest BCUT2D eigenvalue weighted by Crippen LogP contribution is -2.36. The first kappa shape index (κ1) is 13.7. The normalized spacial score (nSPS) is 16.8. The van der Waals surface area contributed by atoms with E-state index in [1.807, 2.05) is 44.2 Å². The lowest BCUT2D eigenvalue weighted by Gasteiger charge is -2.25. The fourth-order valence-electron chi connectivity index (χ4n) is 2.59. The molecule has 0 fully saturated rings. The topological polar surface area (TPSA) is 38.3 Å². The number of carbonyl (C=O) groups excluding carboxylic acids is 1. The SMILES string of the molecule is Cc1ccc2c(c1)OC(C(=O)Nc1ccccc1C)CC2. The summed E-state index contributed by atoms with van der Waals surface area (Å²) in [5, 5.41) is 2.96. The molecule has 0 radical (unpaired) electrons. The summed E-state index contributed by atoms with van der Waals surface area (Å²) >= 11 is 0. The molecule has 1 heterocycles. The molecule has 1 unspecified atom stereocenters. The maximum Gasteiger partial charge on any atom is 0.265 e. The van der Waals surface area contributed by atoms with Crippen molar-refractivity contribution in [3.8, 4) is 5.75 Å². The largest absolute Gasteiger partial charge is 0.480 e. The highest BCUT2D eigenvalue weighted by atomic mass is 16.5. The van der Waals surface area contributed by atoms with Crippen LogP contribution in [0.3, 0.4) is 0 Å². The molecule has 2 aromatic rings. The highest BCUT2D eigenvalue weighted by Crippen LogP contribution is 2.29. The van der Waals surface area contributed by atoms with Crippen molar-refractivity contribution in [2.45, 2.75) is 32.8 Å². The number of aryl methyl sites for hydroxylation is 3. The minimum absolute atomic E-state index is 0.0727. The highest BCUT2D eigenvalue weighted by Gasteiger charge is 2.26. The Labute approximate surface area is 124 Å². The molecule has 3 nitrogen and oxygen atoms in total. The van der Waals surface area contributed by atoms with Crippen molar-refractivity contribution in [2.75, 3.05) is 5.32 Å². The van der Waals surface area contributed by atoms with Crippen LogP contribution in [-0.4, -0.2) is 12.0 Å². The fourth-order valence-corrected chi connectivity index (χ4v) is 2.59. The second-order valence-electron chi connectivity index (χ2n) is 5.56. The highest BCUT2D eigenvalue weighted by molar-refractivity contribution is 5.95. The van der Waals surface area contributed by atoms with E-state index in [4.69, 9.17) is 4.74 Å². The zero-order valence-electron chi connectivity index (χ0n) is 12.3. The van der Waals surface area contributed by atoms with Gasteiger partial charge in [0, 0.05) is 5.69 Å². The Kier molecular flexibility index (Phi) is 3.65. The minimum atomic E-state index is -0.418. The van der Waals surface area contributed by atoms with E-state index in [1.165, 1.54) is 5.56 Å². The van der Waals surface area contributed by atoms with Crippen LogP contribution in [0.15, 0.2) is 42.5 Å². The van der Waals surface area contributed by atoms with Crippen molar-refractivity contribution in [1.29, 1.82) is 0 Å². The molecular formula is C18H19NO2.